The number of hydrogen-bond donors (Lipinski definition) is 0. The van der Waals surface area contributed by atoms with E-state index < -0.39 is 21.4 Å². The maximum Gasteiger partial charge on any atom is 0.534 e. The van der Waals surface area contributed by atoms with Crippen LogP contribution < -0.4 is 4.18 Å². The molecule has 0 aliphatic rings. The molecule has 8 heteroatoms. The molecule has 0 spiro atoms. The van der Waals surface area contributed by atoms with Crippen molar-refractivity contribution in [3.63, 3.8) is 0 Å². The Bertz CT molecular complexity index is 726. The van der Waals surface area contributed by atoms with Crippen molar-refractivity contribution in [3.05, 3.63) is 40.9 Å². The molecule has 0 heterocycles. The Morgan fingerprint density at radius 1 is 1.05 bits per heavy atom. The number of fused-ring (bicyclic) bond motifs is 1. The molecule has 0 atom stereocenters. The molecular formula is C11H6BrF3O3S. The van der Waals surface area contributed by atoms with Crippen LogP contribution in [0, 0.1) is 0 Å². The van der Waals surface area contributed by atoms with E-state index in [4.69, 9.17) is 0 Å². The number of halogens is 4. The molecule has 0 bridgehead atoms. The van der Waals surface area contributed by atoms with Crippen LogP contribution in [0.5, 0.6) is 5.75 Å². The van der Waals surface area contributed by atoms with Crippen molar-refractivity contribution >= 4 is 36.8 Å². The Kier molecular flexibility index (Phi) is 3.48. The average molecular weight is 355 g/mol. The first kappa shape index (κ1) is 14.1. The normalized spacial score (nSPS) is 12.6. The molecule has 0 amide bonds. The van der Waals surface area contributed by atoms with Crippen LogP contribution in [0.2, 0.25) is 0 Å². The average Bonchev–Trinajstić information content (AvgIpc) is 2.31. The zero-order chi connectivity index (χ0) is 14.3. The largest absolute Gasteiger partial charge is 0.534 e. The molecule has 2 aromatic rings. The zero-order valence-corrected chi connectivity index (χ0v) is 11.5. The maximum absolute atomic E-state index is 12.2. The predicted molar refractivity (Wildman–Crippen MR) is 67.3 cm³/mol. The summed E-state index contributed by atoms with van der Waals surface area (Å²) in [4.78, 5) is 0. The third-order valence-corrected chi connectivity index (χ3v) is 4.09. The van der Waals surface area contributed by atoms with Gasteiger partial charge in [-0.25, -0.2) is 0 Å². The van der Waals surface area contributed by atoms with Gasteiger partial charge in [-0.3, -0.25) is 0 Å². The van der Waals surface area contributed by atoms with Gasteiger partial charge in [0, 0.05) is 0 Å². The molecule has 2 rings (SSSR count). The van der Waals surface area contributed by atoms with Gasteiger partial charge in [0.25, 0.3) is 0 Å². The van der Waals surface area contributed by atoms with Gasteiger partial charge in [0.2, 0.25) is 0 Å². The first-order valence-corrected chi connectivity index (χ1v) is 7.10. The van der Waals surface area contributed by atoms with Gasteiger partial charge in [-0.05, 0) is 32.8 Å². The van der Waals surface area contributed by atoms with E-state index >= 15 is 0 Å². The van der Waals surface area contributed by atoms with Crippen LogP contribution in [-0.2, 0) is 10.1 Å². The first-order chi connectivity index (χ1) is 8.72. The highest BCUT2D eigenvalue weighted by Gasteiger charge is 2.48. The highest BCUT2D eigenvalue weighted by Crippen LogP contribution is 2.36. The van der Waals surface area contributed by atoms with Crippen LogP contribution in [0.3, 0.4) is 0 Å². The van der Waals surface area contributed by atoms with Crippen molar-refractivity contribution in [2.24, 2.45) is 0 Å². The van der Waals surface area contributed by atoms with Crippen molar-refractivity contribution in [1.29, 1.82) is 0 Å². The molecule has 0 N–H and O–H groups in total. The standard InChI is InChI=1S/C11H6BrF3O3S/c12-10-8-4-2-1-3-7(8)5-6-9(10)18-19(16,17)11(13,14)15/h1-6H. The van der Waals surface area contributed by atoms with Crippen molar-refractivity contribution in [2.75, 3.05) is 0 Å². The maximum atomic E-state index is 12.2. The minimum Gasteiger partial charge on any atom is -0.375 e. The lowest BCUT2D eigenvalue weighted by molar-refractivity contribution is -0.0500. The van der Waals surface area contributed by atoms with Crippen LogP contribution >= 0.6 is 15.9 Å². The van der Waals surface area contributed by atoms with Gasteiger partial charge in [0.15, 0.2) is 5.75 Å². The summed E-state index contributed by atoms with van der Waals surface area (Å²) in [6, 6.07) is 9.43. The molecule has 0 aliphatic heterocycles. The molecule has 0 radical (unpaired) electrons. The van der Waals surface area contributed by atoms with E-state index in [9.17, 15) is 21.6 Å². The Morgan fingerprint density at radius 3 is 2.32 bits per heavy atom. The van der Waals surface area contributed by atoms with Crippen LogP contribution in [0.1, 0.15) is 0 Å². The van der Waals surface area contributed by atoms with Crippen molar-refractivity contribution < 1.29 is 25.8 Å². The summed E-state index contributed by atoms with van der Waals surface area (Å²) in [6.07, 6.45) is 0. The molecule has 0 aromatic heterocycles. The minimum atomic E-state index is -5.67. The summed E-state index contributed by atoms with van der Waals surface area (Å²) in [5.41, 5.74) is -5.46. The van der Waals surface area contributed by atoms with Gasteiger partial charge in [0.05, 0.1) is 4.47 Å². The summed E-state index contributed by atoms with van der Waals surface area (Å²) in [5.74, 6) is -0.406. The van der Waals surface area contributed by atoms with Gasteiger partial charge in [0.1, 0.15) is 0 Å². The minimum absolute atomic E-state index is 0.151. The third kappa shape index (κ3) is 2.69. The highest BCUT2D eigenvalue weighted by atomic mass is 79.9. The fourth-order valence-corrected chi connectivity index (χ4v) is 2.59. The Labute approximate surface area is 115 Å². The summed E-state index contributed by atoms with van der Waals surface area (Å²) >= 11 is 3.04. The topological polar surface area (TPSA) is 43.4 Å². The van der Waals surface area contributed by atoms with Crippen LogP contribution in [0.15, 0.2) is 40.9 Å². The van der Waals surface area contributed by atoms with Crippen molar-refractivity contribution in [3.8, 4) is 5.75 Å². The molecule has 3 nitrogen and oxygen atoms in total. The fraction of sp³-hybridized carbons (Fsp3) is 0.0909. The Balaban J connectivity index is 2.51. The number of rotatable bonds is 2. The molecule has 19 heavy (non-hydrogen) atoms. The van der Waals surface area contributed by atoms with E-state index in [0.717, 1.165) is 11.5 Å². The second kappa shape index (κ2) is 4.68. The number of alkyl halides is 3. The fourth-order valence-electron chi connectivity index (χ4n) is 1.44. The zero-order valence-electron chi connectivity index (χ0n) is 9.11. The Hall–Kier alpha value is -1.28. The third-order valence-electron chi connectivity index (χ3n) is 2.31. The van der Waals surface area contributed by atoms with E-state index in [1.165, 1.54) is 6.07 Å². The van der Waals surface area contributed by atoms with E-state index in [0.29, 0.717) is 5.39 Å². The van der Waals surface area contributed by atoms with Gasteiger partial charge in [-0.15, -0.1) is 0 Å². The lowest BCUT2D eigenvalue weighted by Crippen LogP contribution is -2.28. The summed E-state index contributed by atoms with van der Waals surface area (Å²) in [7, 11) is -5.67. The quantitative estimate of drug-likeness (QED) is 0.608. The molecule has 0 unspecified atom stereocenters. The molecule has 2 aromatic carbocycles. The smallest absolute Gasteiger partial charge is 0.375 e. The summed E-state index contributed by atoms with van der Waals surface area (Å²) < 4.78 is 62.8. The SMILES string of the molecule is O=S(=O)(Oc1ccc2ccccc2c1Br)C(F)(F)F. The van der Waals surface area contributed by atoms with E-state index in [2.05, 4.69) is 20.1 Å². The molecule has 0 saturated carbocycles. The van der Waals surface area contributed by atoms with E-state index in [1.54, 1.807) is 24.3 Å². The van der Waals surface area contributed by atoms with Crippen LogP contribution in [0.25, 0.3) is 10.8 Å². The predicted octanol–water partition coefficient (Wildman–Crippen LogP) is 3.83. The number of hydrogen-bond acceptors (Lipinski definition) is 3. The van der Waals surface area contributed by atoms with Crippen molar-refractivity contribution in [2.45, 2.75) is 5.51 Å². The van der Waals surface area contributed by atoms with Gasteiger partial charge < -0.3 is 4.18 Å². The highest BCUT2D eigenvalue weighted by molar-refractivity contribution is 9.10. The summed E-state index contributed by atoms with van der Waals surface area (Å²) in [6.45, 7) is 0. The second-order valence-electron chi connectivity index (χ2n) is 3.58. The van der Waals surface area contributed by atoms with Gasteiger partial charge >= 0.3 is 15.6 Å². The first-order valence-electron chi connectivity index (χ1n) is 4.90. The second-order valence-corrected chi connectivity index (χ2v) is 5.91. The van der Waals surface area contributed by atoms with E-state index in [-0.39, 0.29) is 4.47 Å². The monoisotopic (exact) mass is 354 g/mol. The Morgan fingerprint density at radius 2 is 1.68 bits per heavy atom. The van der Waals surface area contributed by atoms with Crippen LogP contribution in [-0.4, -0.2) is 13.9 Å². The summed E-state index contributed by atoms with van der Waals surface area (Å²) in [5, 5.41) is 1.29. The molecule has 0 saturated heterocycles. The van der Waals surface area contributed by atoms with Crippen molar-refractivity contribution in [1.82, 2.24) is 0 Å². The molecule has 102 valence electrons. The van der Waals surface area contributed by atoms with Gasteiger partial charge in [-0.1, -0.05) is 30.3 Å². The molecule has 0 fully saturated rings. The lowest BCUT2D eigenvalue weighted by Gasteiger charge is -2.11. The number of benzene rings is 2. The van der Waals surface area contributed by atoms with Crippen LogP contribution in [0.4, 0.5) is 13.2 Å². The van der Waals surface area contributed by atoms with Gasteiger partial charge in [-0.2, -0.15) is 21.6 Å². The molecule has 0 aliphatic carbocycles. The van der Waals surface area contributed by atoms with E-state index in [1.807, 2.05) is 0 Å². The lowest BCUT2D eigenvalue weighted by atomic mass is 10.1. The molecular weight excluding hydrogens is 349 g/mol.